The van der Waals surface area contributed by atoms with E-state index in [1.807, 2.05) is 0 Å². The van der Waals surface area contributed by atoms with Crippen molar-refractivity contribution in [1.29, 1.82) is 0 Å². The standard InChI is InChI=1S/C11H12N2O7/c1-3-8(7(2)13(17)18)6-19-11(16)20-12-9(14)4-5-10(12)15/h3H,1,4-6H2,2H3/b8-7-. The molecule has 0 N–H and O–H groups in total. The summed E-state index contributed by atoms with van der Waals surface area (Å²) in [5.41, 5.74) is -0.160. The van der Waals surface area contributed by atoms with E-state index in [1.165, 1.54) is 6.92 Å². The molecule has 20 heavy (non-hydrogen) atoms. The Balaban J connectivity index is 2.57. The summed E-state index contributed by atoms with van der Waals surface area (Å²) in [4.78, 5) is 47.9. The van der Waals surface area contributed by atoms with Gasteiger partial charge in [-0.3, -0.25) is 24.5 Å². The van der Waals surface area contributed by atoms with E-state index in [1.54, 1.807) is 0 Å². The van der Waals surface area contributed by atoms with Crippen molar-refractivity contribution in [3.8, 4) is 0 Å². The third kappa shape index (κ3) is 3.64. The quantitative estimate of drug-likeness (QED) is 0.242. The van der Waals surface area contributed by atoms with Gasteiger partial charge in [-0.25, -0.2) is 4.79 Å². The van der Waals surface area contributed by atoms with Crippen LogP contribution in [0.2, 0.25) is 0 Å². The van der Waals surface area contributed by atoms with Gasteiger partial charge in [0, 0.05) is 19.8 Å². The number of carbonyl (C=O) groups is 3. The van der Waals surface area contributed by atoms with Gasteiger partial charge in [0.1, 0.15) is 6.61 Å². The molecule has 1 saturated heterocycles. The van der Waals surface area contributed by atoms with Crippen LogP contribution in [0.5, 0.6) is 0 Å². The Bertz CT molecular complexity index is 493. The maximum atomic E-state index is 11.3. The molecule has 0 aromatic carbocycles. The number of hydrogen-bond donors (Lipinski definition) is 0. The molecule has 0 atom stereocenters. The van der Waals surface area contributed by atoms with E-state index in [4.69, 9.17) is 0 Å². The van der Waals surface area contributed by atoms with Crippen LogP contribution in [0.25, 0.3) is 0 Å². The molecule has 2 amide bonds. The number of ether oxygens (including phenoxy) is 1. The summed E-state index contributed by atoms with van der Waals surface area (Å²) >= 11 is 0. The fourth-order valence-electron chi connectivity index (χ4n) is 1.32. The van der Waals surface area contributed by atoms with Crippen LogP contribution in [-0.4, -0.2) is 34.6 Å². The predicted molar refractivity (Wildman–Crippen MR) is 63.4 cm³/mol. The van der Waals surface area contributed by atoms with E-state index >= 15 is 0 Å². The van der Waals surface area contributed by atoms with E-state index in [0.717, 1.165) is 6.08 Å². The monoisotopic (exact) mass is 284 g/mol. The minimum Gasteiger partial charge on any atom is -0.428 e. The average Bonchev–Trinajstić information content (AvgIpc) is 2.70. The Morgan fingerprint density at radius 2 is 2.00 bits per heavy atom. The molecule has 1 heterocycles. The summed E-state index contributed by atoms with van der Waals surface area (Å²) in [5, 5.41) is 10.9. The van der Waals surface area contributed by atoms with E-state index in [-0.39, 0.29) is 24.1 Å². The Labute approximate surface area is 113 Å². The van der Waals surface area contributed by atoms with Crippen molar-refractivity contribution in [2.75, 3.05) is 6.61 Å². The van der Waals surface area contributed by atoms with Crippen LogP contribution in [0.3, 0.4) is 0 Å². The zero-order chi connectivity index (χ0) is 15.3. The van der Waals surface area contributed by atoms with Crippen molar-refractivity contribution in [2.45, 2.75) is 19.8 Å². The summed E-state index contributed by atoms with van der Waals surface area (Å²) < 4.78 is 4.58. The first-order valence-corrected chi connectivity index (χ1v) is 5.54. The van der Waals surface area contributed by atoms with Crippen LogP contribution in [0.1, 0.15) is 19.8 Å². The van der Waals surface area contributed by atoms with E-state index < -0.39 is 29.5 Å². The number of allylic oxidation sites excluding steroid dienone is 1. The molecule has 0 saturated carbocycles. The highest BCUT2D eigenvalue weighted by molar-refractivity contribution is 6.01. The van der Waals surface area contributed by atoms with Crippen LogP contribution >= 0.6 is 0 Å². The summed E-state index contributed by atoms with van der Waals surface area (Å²) in [5.74, 6) is -1.29. The molecule has 108 valence electrons. The van der Waals surface area contributed by atoms with Crippen molar-refractivity contribution in [3.63, 3.8) is 0 Å². The first-order valence-electron chi connectivity index (χ1n) is 5.54. The molecule has 0 spiro atoms. The Morgan fingerprint density at radius 1 is 1.45 bits per heavy atom. The maximum absolute atomic E-state index is 11.3. The second-order valence-electron chi connectivity index (χ2n) is 3.78. The second-order valence-corrected chi connectivity index (χ2v) is 3.78. The van der Waals surface area contributed by atoms with Gasteiger partial charge in [-0.1, -0.05) is 17.7 Å². The summed E-state index contributed by atoms with van der Waals surface area (Å²) in [6, 6.07) is 0. The van der Waals surface area contributed by atoms with E-state index in [0.29, 0.717) is 5.06 Å². The smallest absolute Gasteiger partial charge is 0.428 e. The van der Waals surface area contributed by atoms with Gasteiger partial charge in [0.2, 0.25) is 5.70 Å². The molecule has 0 radical (unpaired) electrons. The van der Waals surface area contributed by atoms with Gasteiger partial charge < -0.3 is 4.74 Å². The van der Waals surface area contributed by atoms with Crippen molar-refractivity contribution in [1.82, 2.24) is 5.06 Å². The van der Waals surface area contributed by atoms with Crippen molar-refractivity contribution < 1.29 is 28.9 Å². The number of carbonyl (C=O) groups excluding carboxylic acids is 3. The highest BCUT2D eigenvalue weighted by Crippen LogP contribution is 2.13. The number of hydroxylamine groups is 2. The van der Waals surface area contributed by atoms with Gasteiger partial charge in [0.25, 0.3) is 11.8 Å². The summed E-state index contributed by atoms with van der Waals surface area (Å²) in [6.07, 6.45) is -0.212. The molecule has 1 aliphatic rings. The highest BCUT2D eigenvalue weighted by atomic mass is 16.8. The lowest BCUT2D eigenvalue weighted by atomic mass is 10.2. The topological polar surface area (TPSA) is 116 Å². The number of nitro groups is 1. The molecule has 0 aliphatic carbocycles. The van der Waals surface area contributed by atoms with Gasteiger partial charge in [0.15, 0.2) is 0 Å². The predicted octanol–water partition coefficient (Wildman–Crippen LogP) is 0.940. The Morgan fingerprint density at radius 3 is 2.45 bits per heavy atom. The summed E-state index contributed by atoms with van der Waals surface area (Å²) in [6.45, 7) is 4.13. The van der Waals surface area contributed by atoms with Crippen LogP contribution in [0.15, 0.2) is 23.9 Å². The molecule has 1 fully saturated rings. The SMILES string of the molecule is C=C/C(COC(=O)ON1C(=O)CCC1=O)=C(\C)[N+](=O)[O-]. The minimum absolute atomic E-state index is 0.0373. The zero-order valence-corrected chi connectivity index (χ0v) is 10.7. The van der Waals surface area contributed by atoms with Crippen molar-refractivity contribution in [2.24, 2.45) is 0 Å². The Hall–Kier alpha value is -2.71. The zero-order valence-electron chi connectivity index (χ0n) is 10.7. The largest absolute Gasteiger partial charge is 0.534 e. The summed E-state index contributed by atoms with van der Waals surface area (Å²) in [7, 11) is 0. The fourth-order valence-corrected chi connectivity index (χ4v) is 1.32. The molecule has 0 aromatic heterocycles. The molecule has 9 heteroatoms. The molecular formula is C11H12N2O7. The minimum atomic E-state index is -1.30. The lowest BCUT2D eigenvalue weighted by Crippen LogP contribution is -2.32. The van der Waals surface area contributed by atoms with Crippen molar-refractivity contribution >= 4 is 18.0 Å². The van der Waals surface area contributed by atoms with E-state index in [9.17, 15) is 24.5 Å². The lowest BCUT2D eigenvalue weighted by molar-refractivity contribution is -0.425. The normalized spacial score (nSPS) is 15.8. The van der Waals surface area contributed by atoms with Crippen LogP contribution in [0.4, 0.5) is 4.79 Å². The third-order valence-corrected chi connectivity index (χ3v) is 2.50. The molecule has 0 unspecified atom stereocenters. The first-order chi connectivity index (χ1) is 9.36. The van der Waals surface area contributed by atoms with Gasteiger partial charge in [-0.2, -0.15) is 0 Å². The van der Waals surface area contributed by atoms with Crippen LogP contribution in [-0.2, 0) is 19.2 Å². The van der Waals surface area contributed by atoms with Crippen molar-refractivity contribution in [3.05, 3.63) is 34.0 Å². The number of imide groups is 1. The number of hydrogen-bond acceptors (Lipinski definition) is 7. The second kappa shape index (κ2) is 6.45. The Kier molecular flexibility index (Phi) is 4.95. The molecule has 1 aliphatic heterocycles. The van der Waals surface area contributed by atoms with Gasteiger partial charge in [-0.05, 0) is 0 Å². The van der Waals surface area contributed by atoms with E-state index in [2.05, 4.69) is 16.2 Å². The van der Waals surface area contributed by atoms with Gasteiger partial charge in [0.05, 0.1) is 10.5 Å². The van der Waals surface area contributed by atoms with Crippen LogP contribution in [0, 0.1) is 10.1 Å². The molecule has 0 bridgehead atoms. The molecule has 0 aromatic rings. The lowest BCUT2D eigenvalue weighted by Gasteiger charge is -2.12. The number of amides is 2. The maximum Gasteiger partial charge on any atom is 0.534 e. The molecule has 1 rings (SSSR count). The van der Waals surface area contributed by atoms with Gasteiger partial charge in [-0.15, -0.1) is 0 Å². The average molecular weight is 284 g/mol. The third-order valence-electron chi connectivity index (χ3n) is 2.50. The fraction of sp³-hybridized carbons (Fsp3) is 0.364. The van der Waals surface area contributed by atoms with Gasteiger partial charge >= 0.3 is 6.16 Å². The first kappa shape index (κ1) is 15.3. The van der Waals surface area contributed by atoms with Crippen LogP contribution < -0.4 is 0 Å². The highest BCUT2D eigenvalue weighted by Gasteiger charge is 2.33. The molecule has 9 nitrogen and oxygen atoms in total. The number of nitrogens with zero attached hydrogens (tertiary/aromatic N) is 2. The molecular weight excluding hydrogens is 272 g/mol. The number of rotatable bonds is 5.